The number of hydrogen-bond acceptors (Lipinski definition) is 6. The van der Waals surface area contributed by atoms with E-state index in [9.17, 15) is 14.4 Å². The molecular formula is C13H20N4O4. The molecule has 0 unspecified atom stereocenters. The van der Waals surface area contributed by atoms with Crippen LogP contribution in [0.15, 0.2) is 0 Å². The lowest BCUT2D eigenvalue weighted by atomic mass is 10.1. The van der Waals surface area contributed by atoms with Crippen molar-refractivity contribution in [2.75, 3.05) is 13.2 Å². The number of ketones is 1. The van der Waals surface area contributed by atoms with Gasteiger partial charge >= 0.3 is 5.97 Å². The maximum atomic E-state index is 12.0. The molecule has 0 bridgehead atoms. The molecule has 8 nitrogen and oxygen atoms in total. The second-order valence-corrected chi connectivity index (χ2v) is 4.44. The predicted molar refractivity (Wildman–Crippen MR) is 75.6 cm³/mol. The van der Waals surface area contributed by atoms with Crippen molar-refractivity contribution in [3.63, 3.8) is 0 Å². The minimum Gasteiger partial charge on any atom is -0.462 e. The molecule has 116 valence electrons. The third-order valence-electron chi connectivity index (χ3n) is 3.16. The van der Waals surface area contributed by atoms with Crippen LogP contribution in [-0.4, -0.2) is 35.4 Å². The molecule has 1 heterocycles. The van der Waals surface area contributed by atoms with E-state index in [4.69, 9.17) is 16.3 Å². The van der Waals surface area contributed by atoms with Crippen molar-refractivity contribution in [3.8, 4) is 0 Å². The largest absolute Gasteiger partial charge is 0.462 e. The third kappa shape index (κ3) is 3.29. The lowest BCUT2D eigenvalue weighted by molar-refractivity contribution is -0.121. The normalized spacial score (nSPS) is 10.3. The van der Waals surface area contributed by atoms with E-state index >= 15 is 0 Å². The number of Topliss-reactive ketones (excluding diaryl/α,β-unsaturated/α-hetero) is 1. The first kappa shape index (κ1) is 16.9. The maximum Gasteiger partial charge on any atom is 0.340 e. The van der Waals surface area contributed by atoms with Gasteiger partial charge in [0.05, 0.1) is 24.4 Å². The molecule has 8 heteroatoms. The number of ether oxygens (including phenoxy) is 1. The van der Waals surface area contributed by atoms with Gasteiger partial charge in [-0.1, -0.05) is 0 Å². The number of nitrogens with zero attached hydrogens (tertiary/aromatic N) is 1. The van der Waals surface area contributed by atoms with Crippen LogP contribution in [0.5, 0.6) is 0 Å². The monoisotopic (exact) mass is 296 g/mol. The van der Waals surface area contributed by atoms with Gasteiger partial charge in [-0.15, -0.1) is 0 Å². The van der Waals surface area contributed by atoms with Crippen molar-refractivity contribution in [1.29, 1.82) is 0 Å². The molecular weight excluding hydrogens is 276 g/mol. The Morgan fingerprint density at radius 3 is 2.38 bits per heavy atom. The highest BCUT2D eigenvalue weighted by Gasteiger charge is 2.27. The third-order valence-corrected chi connectivity index (χ3v) is 3.16. The molecule has 1 aromatic rings. The Morgan fingerprint density at radius 1 is 1.29 bits per heavy atom. The summed E-state index contributed by atoms with van der Waals surface area (Å²) in [6, 6.07) is 0. The molecule has 0 aliphatic carbocycles. The minimum atomic E-state index is -0.537. The van der Waals surface area contributed by atoms with Crippen molar-refractivity contribution >= 4 is 17.7 Å². The van der Waals surface area contributed by atoms with Gasteiger partial charge in [0.2, 0.25) is 0 Å². The van der Waals surface area contributed by atoms with Gasteiger partial charge in [-0.2, -0.15) is 0 Å². The highest BCUT2D eigenvalue weighted by molar-refractivity contribution is 6.03. The number of hydrazine groups is 1. The summed E-state index contributed by atoms with van der Waals surface area (Å²) < 4.78 is 6.41. The Labute approximate surface area is 122 Å². The fraction of sp³-hybridized carbons (Fsp3) is 0.462. The van der Waals surface area contributed by atoms with Gasteiger partial charge in [0.1, 0.15) is 6.54 Å². The lowest BCUT2D eigenvalue weighted by Gasteiger charge is -2.09. The first-order chi connectivity index (χ1) is 9.88. The topological polar surface area (TPSA) is 129 Å². The molecule has 21 heavy (non-hydrogen) atoms. The van der Waals surface area contributed by atoms with Crippen LogP contribution in [0.1, 0.15) is 39.0 Å². The van der Waals surface area contributed by atoms with E-state index in [1.165, 1.54) is 4.57 Å². The predicted octanol–water partition coefficient (Wildman–Crippen LogP) is -0.587. The molecule has 0 saturated heterocycles. The molecule has 0 fully saturated rings. The minimum absolute atomic E-state index is 0.177. The molecule has 1 aromatic heterocycles. The first-order valence-electron chi connectivity index (χ1n) is 6.48. The number of nitrogens with one attached hydrogen (secondary N) is 1. The molecule has 0 aliphatic heterocycles. The van der Waals surface area contributed by atoms with Crippen LogP contribution in [0.25, 0.3) is 0 Å². The number of esters is 1. The lowest BCUT2D eigenvalue weighted by Crippen LogP contribution is -2.34. The maximum absolute atomic E-state index is 12.0. The van der Waals surface area contributed by atoms with E-state index in [2.05, 4.69) is 0 Å². The molecule has 0 aliphatic rings. The molecule has 0 atom stereocenters. The average Bonchev–Trinajstić information content (AvgIpc) is 2.69. The summed E-state index contributed by atoms with van der Waals surface area (Å²) in [5.41, 5.74) is 8.80. The Kier molecular flexibility index (Phi) is 5.62. The Morgan fingerprint density at radius 2 is 1.90 bits per heavy atom. The van der Waals surface area contributed by atoms with E-state index in [0.717, 1.165) is 0 Å². The van der Waals surface area contributed by atoms with E-state index in [0.29, 0.717) is 11.3 Å². The fourth-order valence-electron chi connectivity index (χ4n) is 2.24. The fourth-order valence-corrected chi connectivity index (χ4v) is 2.24. The summed E-state index contributed by atoms with van der Waals surface area (Å²) in [6.07, 6.45) is 0. The zero-order valence-corrected chi connectivity index (χ0v) is 12.4. The number of rotatable bonds is 6. The van der Waals surface area contributed by atoms with Gasteiger partial charge in [-0.3, -0.25) is 15.0 Å². The van der Waals surface area contributed by atoms with Crippen LogP contribution in [-0.2, 0) is 16.1 Å². The van der Waals surface area contributed by atoms with Gasteiger partial charge in [-0.05, 0) is 26.3 Å². The molecule has 0 saturated carbocycles. The van der Waals surface area contributed by atoms with E-state index < -0.39 is 11.9 Å². The van der Waals surface area contributed by atoms with Crippen molar-refractivity contribution < 1.29 is 19.1 Å². The molecule has 1 rings (SSSR count). The van der Waals surface area contributed by atoms with E-state index in [-0.39, 0.29) is 36.7 Å². The summed E-state index contributed by atoms with van der Waals surface area (Å²) in [4.78, 5) is 35.5. The van der Waals surface area contributed by atoms with Crippen LogP contribution in [0, 0.1) is 13.8 Å². The zero-order valence-electron chi connectivity index (χ0n) is 12.4. The summed E-state index contributed by atoms with van der Waals surface area (Å²) in [6.45, 7) is 4.76. The number of nitrogens with two attached hydrogens (primary N) is 2. The smallest absolute Gasteiger partial charge is 0.340 e. The van der Waals surface area contributed by atoms with Crippen molar-refractivity contribution in [2.24, 2.45) is 11.6 Å². The molecule has 1 amide bonds. The standard InChI is InChI=1S/C13H20N4O4/c1-4-21-13(20)11-7(2)12(9(18)5-14)17(8(11)3)6-10(19)16-15/h4-6,14-15H2,1-3H3,(H,16,19). The second kappa shape index (κ2) is 7.00. The van der Waals surface area contributed by atoms with Crippen LogP contribution in [0.3, 0.4) is 0 Å². The SMILES string of the molecule is CCOC(=O)c1c(C)c(C(=O)CN)n(CC(=O)NN)c1C. The van der Waals surface area contributed by atoms with Crippen molar-refractivity contribution in [2.45, 2.75) is 27.3 Å². The van der Waals surface area contributed by atoms with Gasteiger partial charge in [0.25, 0.3) is 5.91 Å². The number of hydrogen-bond donors (Lipinski definition) is 3. The Bertz CT molecular complexity index is 577. The Hall–Kier alpha value is -2.19. The van der Waals surface area contributed by atoms with E-state index in [1.54, 1.807) is 20.8 Å². The molecule has 5 N–H and O–H groups in total. The zero-order chi connectivity index (χ0) is 16.2. The summed E-state index contributed by atoms with van der Waals surface area (Å²) >= 11 is 0. The number of aromatic nitrogens is 1. The van der Waals surface area contributed by atoms with Gasteiger partial charge in [0.15, 0.2) is 5.78 Å². The summed E-state index contributed by atoms with van der Waals surface area (Å²) in [5.74, 6) is 3.67. The van der Waals surface area contributed by atoms with Crippen molar-refractivity contribution in [3.05, 3.63) is 22.5 Å². The summed E-state index contributed by atoms with van der Waals surface area (Å²) in [5, 5.41) is 0. The van der Waals surface area contributed by atoms with Crippen LogP contribution in [0.4, 0.5) is 0 Å². The van der Waals surface area contributed by atoms with Gasteiger partial charge in [0, 0.05) is 5.69 Å². The molecule has 0 aromatic carbocycles. The van der Waals surface area contributed by atoms with Gasteiger partial charge in [-0.25, -0.2) is 10.6 Å². The highest BCUT2D eigenvalue weighted by Crippen LogP contribution is 2.23. The van der Waals surface area contributed by atoms with Crippen LogP contribution >= 0.6 is 0 Å². The Balaban J connectivity index is 3.46. The first-order valence-corrected chi connectivity index (χ1v) is 6.48. The van der Waals surface area contributed by atoms with Gasteiger partial charge < -0.3 is 15.0 Å². The molecule has 0 radical (unpaired) electrons. The van der Waals surface area contributed by atoms with Crippen LogP contribution in [0.2, 0.25) is 0 Å². The number of amides is 1. The van der Waals surface area contributed by atoms with Crippen molar-refractivity contribution in [1.82, 2.24) is 9.99 Å². The highest BCUT2D eigenvalue weighted by atomic mass is 16.5. The quantitative estimate of drug-likeness (QED) is 0.211. The summed E-state index contributed by atoms with van der Waals surface area (Å²) in [7, 11) is 0. The molecule has 0 spiro atoms. The van der Waals surface area contributed by atoms with E-state index in [1.807, 2.05) is 5.43 Å². The number of carbonyl (C=O) groups is 3. The second-order valence-electron chi connectivity index (χ2n) is 4.44. The van der Waals surface area contributed by atoms with Crippen LogP contribution < -0.4 is 17.0 Å². The average molecular weight is 296 g/mol. The number of carbonyl (C=O) groups excluding carboxylic acids is 3.